The van der Waals surface area contributed by atoms with Gasteiger partial charge in [0.1, 0.15) is 5.82 Å². The number of aryl methyl sites for hydroxylation is 1. The highest BCUT2D eigenvalue weighted by Gasteiger charge is 2.16. The van der Waals surface area contributed by atoms with E-state index >= 15 is 0 Å². The van der Waals surface area contributed by atoms with Crippen LogP contribution in [0.2, 0.25) is 0 Å². The molecule has 0 aliphatic carbocycles. The number of carbonyl (C=O) groups is 2. The van der Waals surface area contributed by atoms with Crippen LogP contribution in [-0.4, -0.2) is 11.8 Å². The first kappa shape index (κ1) is 15.4. The minimum absolute atomic E-state index is 0.0306. The average Bonchev–Trinajstić information content (AvgIpc) is 2.44. The Morgan fingerprint density at radius 3 is 2.24 bits per heavy atom. The van der Waals surface area contributed by atoms with E-state index in [0.29, 0.717) is 5.69 Å². The SMILES string of the molecule is Cc1cc(I)ccc1NC(=O)C(=O)Nc1ccccc1F. The Morgan fingerprint density at radius 1 is 1.00 bits per heavy atom. The molecule has 2 amide bonds. The molecule has 0 aliphatic heterocycles. The van der Waals surface area contributed by atoms with Crippen molar-refractivity contribution >= 4 is 45.8 Å². The average molecular weight is 398 g/mol. The molecule has 0 aromatic heterocycles. The van der Waals surface area contributed by atoms with Crippen molar-refractivity contribution in [2.75, 3.05) is 10.6 Å². The van der Waals surface area contributed by atoms with Gasteiger partial charge in [-0.2, -0.15) is 0 Å². The summed E-state index contributed by atoms with van der Waals surface area (Å²) in [5.74, 6) is -2.36. The molecule has 0 unspecified atom stereocenters. The molecule has 2 rings (SSSR count). The molecule has 0 spiro atoms. The number of carbonyl (C=O) groups excluding carboxylic acids is 2. The van der Waals surface area contributed by atoms with Crippen molar-refractivity contribution in [2.45, 2.75) is 6.92 Å². The monoisotopic (exact) mass is 398 g/mol. The van der Waals surface area contributed by atoms with E-state index in [0.717, 1.165) is 9.13 Å². The summed E-state index contributed by atoms with van der Waals surface area (Å²) in [6.07, 6.45) is 0. The molecule has 0 fully saturated rings. The Hall–Kier alpha value is -1.96. The topological polar surface area (TPSA) is 58.2 Å². The molecule has 6 heteroatoms. The lowest BCUT2D eigenvalue weighted by Crippen LogP contribution is -2.29. The van der Waals surface area contributed by atoms with E-state index < -0.39 is 17.6 Å². The van der Waals surface area contributed by atoms with E-state index in [1.54, 1.807) is 12.1 Å². The van der Waals surface area contributed by atoms with Crippen LogP contribution in [-0.2, 0) is 9.59 Å². The van der Waals surface area contributed by atoms with Gasteiger partial charge >= 0.3 is 11.8 Å². The summed E-state index contributed by atoms with van der Waals surface area (Å²) >= 11 is 2.15. The van der Waals surface area contributed by atoms with Crippen LogP contribution >= 0.6 is 22.6 Å². The summed E-state index contributed by atoms with van der Waals surface area (Å²) in [5, 5.41) is 4.73. The number of para-hydroxylation sites is 1. The number of benzene rings is 2. The van der Waals surface area contributed by atoms with E-state index in [4.69, 9.17) is 0 Å². The fourth-order valence-corrected chi connectivity index (χ4v) is 2.33. The van der Waals surface area contributed by atoms with Crippen LogP contribution in [0.25, 0.3) is 0 Å². The van der Waals surface area contributed by atoms with E-state index in [-0.39, 0.29) is 5.69 Å². The van der Waals surface area contributed by atoms with Crippen molar-refractivity contribution in [2.24, 2.45) is 0 Å². The molecule has 0 saturated carbocycles. The van der Waals surface area contributed by atoms with Crippen molar-refractivity contribution < 1.29 is 14.0 Å². The fraction of sp³-hybridized carbons (Fsp3) is 0.0667. The van der Waals surface area contributed by atoms with Gasteiger partial charge in [-0.05, 0) is 65.4 Å². The van der Waals surface area contributed by atoms with Crippen LogP contribution in [0.5, 0.6) is 0 Å². The van der Waals surface area contributed by atoms with Gasteiger partial charge in [0.05, 0.1) is 5.69 Å². The van der Waals surface area contributed by atoms with Crippen LogP contribution < -0.4 is 10.6 Å². The van der Waals surface area contributed by atoms with Gasteiger partial charge in [0.25, 0.3) is 0 Å². The van der Waals surface area contributed by atoms with E-state index in [1.165, 1.54) is 18.2 Å². The molecule has 2 aromatic rings. The van der Waals surface area contributed by atoms with E-state index in [2.05, 4.69) is 33.2 Å². The molecule has 0 saturated heterocycles. The highest BCUT2D eigenvalue weighted by Crippen LogP contribution is 2.18. The number of anilines is 2. The minimum Gasteiger partial charge on any atom is -0.318 e. The molecule has 0 radical (unpaired) electrons. The summed E-state index contributed by atoms with van der Waals surface area (Å²) in [4.78, 5) is 23.6. The number of rotatable bonds is 2. The molecule has 2 aromatic carbocycles. The fourth-order valence-electron chi connectivity index (χ4n) is 1.69. The number of nitrogens with one attached hydrogen (secondary N) is 2. The lowest BCUT2D eigenvalue weighted by Gasteiger charge is -2.09. The molecule has 4 nitrogen and oxygen atoms in total. The third-order valence-electron chi connectivity index (χ3n) is 2.76. The van der Waals surface area contributed by atoms with Gasteiger partial charge in [-0.1, -0.05) is 12.1 Å². The Balaban J connectivity index is 2.06. The lowest BCUT2D eigenvalue weighted by molar-refractivity contribution is -0.133. The molecule has 0 aliphatic rings. The molecular formula is C15H12FIN2O2. The van der Waals surface area contributed by atoms with Crippen molar-refractivity contribution in [1.29, 1.82) is 0 Å². The summed E-state index contributed by atoms with van der Waals surface area (Å²) in [7, 11) is 0. The maximum absolute atomic E-state index is 13.4. The predicted octanol–water partition coefficient (Wildman–Crippen LogP) is 3.32. The third kappa shape index (κ3) is 4.01. The molecular weight excluding hydrogens is 386 g/mol. The predicted molar refractivity (Wildman–Crippen MR) is 87.6 cm³/mol. The van der Waals surface area contributed by atoms with Crippen molar-refractivity contribution in [3.63, 3.8) is 0 Å². The second kappa shape index (κ2) is 6.66. The number of hydrogen-bond donors (Lipinski definition) is 2. The zero-order valence-corrected chi connectivity index (χ0v) is 13.3. The Bertz CT molecular complexity index is 704. The summed E-state index contributed by atoms with van der Waals surface area (Å²) in [5.41, 5.74) is 1.36. The molecule has 0 heterocycles. The van der Waals surface area contributed by atoms with Gasteiger partial charge in [0.2, 0.25) is 0 Å². The normalized spacial score (nSPS) is 10.0. The Morgan fingerprint density at radius 2 is 1.62 bits per heavy atom. The maximum Gasteiger partial charge on any atom is 0.314 e. The first-order valence-corrected chi connectivity index (χ1v) is 7.18. The van der Waals surface area contributed by atoms with Crippen LogP contribution in [0.1, 0.15) is 5.56 Å². The quantitative estimate of drug-likeness (QED) is 0.603. The summed E-state index contributed by atoms with van der Waals surface area (Å²) in [6, 6.07) is 11.1. The highest BCUT2D eigenvalue weighted by molar-refractivity contribution is 14.1. The van der Waals surface area contributed by atoms with Crippen LogP contribution in [0.4, 0.5) is 15.8 Å². The first-order chi connectivity index (χ1) is 9.97. The second-order valence-electron chi connectivity index (χ2n) is 4.35. The number of amides is 2. The van der Waals surface area contributed by atoms with Crippen LogP contribution in [0.3, 0.4) is 0 Å². The molecule has 0 atom stereocenters. The van der Waals surface area contributed by atoms with Gasteiger partial charge < -0.3 is 10.6 Å². The maximum atomic E-state index is 13.4. The summed E-state index contributed by atoms with van der Waals surface area (Å²) in [6.45, 7) is 1.83. The van der Waals surface area contributed by atoms with Gasteiger partial charge in [-0.15, -0.1) is 0 Å². The number of halogens is 2. The molecule has 2 N–H and O–H groups in total. The van der Waals surface area contributed by atoms with Gasteiger partial charge in [0, 0.05) is 9.26 Å². The smallest absolute Gasteiger partial charge is 0.314 e. The van der Waals surface area contributed by atoms with Crippen LogP contribution in [0, 0.1) is 16.3 Å². The zero-order valence-electron chi connectivity index (χ0n) is 11.1. The number of hydrogen-bond acceptors (Lipinski definition) is 2. The highest BCUT2D eigenvalue weighted by atomic mass is 127. The van der Waals surface area contributed by atoms with Crippen LogP contribution in [0.15, 0.2) is 42.5 Å². The Labute approximate surface area is 134 Å². The molecule has 108 valence electrons. The second-order valence-corrected chi connectivity index (χ2v) is 5.59. The van der Waals surface area contributed by atoms with E-state index in [1.807, 2.05) is 19.1 Å². The Kier molecular flexibility index (Phi) is 4.89. The third-order valence-corrected chi connectivity index (χ3v) is 3.44. The standard InChI is InChI=1S/C15H12FIN2O2/c1-9-8-10(17)6-7-12(9)18-14(20)15(21)19-13-5-3-2-4-11(13)16/h2-8H,1H3,(H,18,20)(H,19,21). The van der Waals surface area contributed by atoms with E-state index in [9.17, 15) is 14.0 Å². The van der Waals surface area contributed by atoms with Gasteiger partial charge in [-0.25, -0.2) is 4.39 Å². The van der Waals surface area contributed by atoms with Gasteiger partial charge in [-0.3, -0.25) is 9.59 Å². The minimum atomic E-state index is -0.918. The summed E-state index contributed by atoms with van der Waals surface area (Å²) < 4.78 is 14.4. The molecule has 0 bridgehead atoms. The lowest BCUT2D eigenvalue weighted by atomic mass is 10.2. The van der Waals surface area contributed by atoms with Gasteiger partial charge in [0.15, 0.2) is 0 Å². The van der Waals surface area contributed by atoms with Crippen molar-refractivity contribution in [3.05, 3.63) is 57.4 Å². The zero-order chi connectivity index (χ0) is 15.4. The largest absolute Gasteiger partial charge is 0.318 e. The van der Waals surface area contributed by atoms with Crippen molar-refractivity contribution in [3.8, 4) is 0 Å². The molecule has 21 heavy (non-hydrogen) atoms. The first-order valence-electron chi connectivity index (χ1n) is 6.10. The van der Waals surface area contributed by atoms with Crippen molar-refractivity contribution in [1.82, 2.24) is 0 Å².